The van der Waals surface area contributed by atoms with Crippen molar-refractivity contribution in [2.24, 2.45) is 0 Å². The van der Waals surface area contributed by atoms with Crippen LogP contribution < -0.4 is 0 Å². The minimum atomic E-state index is -0.967. The van der Waals surface area contributed by atoms with Crippen molar-refractivity contribution in [3.63, 3.8) is 0 Å². The number of hydrogen-bond acceptors (Lipinski definition) is 3. The van der Waals surface area contributed by atoms with E-state index in [9.17, 15) is 14.0 Å². The van der Waals surface area contributed by atoms with Gasteiger partial charge < -0.3 is 9.72 Å². The molecule has 0 aliphatic heterocycles. The molecule has 3 aromatic rings. The van der Waals surface area contributed by atoms with Gasteiger partial charge in [-0.15, -0.1) is 0 Å². The van der Waals surface area contributed by atoms with Gasteiger partial charge in [-0.2, -0.15) is 0 Å². The first-order chi connectivity index (χ1) is 12.0. The van der Waals surface area contributed by atoms with Crippen molar-refractivity contribution in [1.29, 1.82) is 0 Å². The van der Waals surface area contributed by atoms with Gasteiger partial charge in [0.2, 0.25) is 5.78 Å². The van der Waals surface area contributed by atoms with E-state index in [4.69, 9.17) is 16.3 Å². The number of aryl methyl sites for hydroxylation is 1. The van der Waals surface area contributed by atoms with Crippen LogP contribution in [0.4, 0.5) is 4.39 Å². The van der Waals surface area contributed by atoms with Crippen molar-refractivity contribution in [2.45, 2.75) is 13.3 Å². The number of para-hydroxylation sites is 1. The van der Waals surface area contributed by atoms with E-state index < -0.39 is 18.4 Å². The van der Waals surface area contributed by atoms with Crippen LogP contribution in [0.3, 0.4) is 0 Å². The van der Waals surface area contributed by atoms with Gasteiger partial charge >= 0.3 is 5.97 Å². The highest BCUT2D eigenvalue weighted by Crippen LogP contribution is 2.23. The first-order valence-corrected chi connectivity index (χ1v) is 8.14. The monoisotopic (exact) mass is 359 g/mol. The fraction of sp³-hybridized carbons (Fsp3) is 0.158. The molecule has 1 heterocycles. The number of carbonyl (C=O) groups is 2. The Morgan fingerprint density at radius 1 is 1.20 bits per heavy atom. The minimum Gasteiger partial charge on any atom is -0.454 e. The number of ketones is 1. The molecule has 0 amide bonds. The van der Waals surface area contributed by atoms with Crippen molar-refractivity contribution in [2.75, 3.05) is 6.61 Å². The Morgan fingerprint density at radius 3 is 2.68 bits per heavy atom. The molecule has 0 radical (unpaired) electrons. The van der Waals surface area contributed by atoms with Gasteiger partial charge in [0.1, 0.15) is 11.4 Å². The summed E-state index contributed by atoms with van der Waals surface area (Å²) in [5, 5.41) is 0.710. The van der Waals surface area contributed by atoms with Crippen LogP contribution >= 0.6 is 11.6 Å². The highest BCUT2D eigenvalue weighted by molar-refractivity contribution is 6.33. The Labute approximate surface area is 148 Å². The lowest BCUT2D eigenvalue weighted by Gasteiger charge is -2.06. The van der Waals surface area contributed by atoms with Crippen LogP contribution in [0.25, 0.3) is 10.9 Å². The third kappa shape index (κ3) is 3.28. The van der Waals surface area contributed by atoms with Gasteiger partial charge in [-0.1, -0.05) is 42.8 Å². The fourth-order valence-corrected chi connectivity index (χ4v) is 2.96. The number of carbonyl (C=O) groups excluding carboxylic acids is 2. The molecule has 1 N–H and O–H groups in total. The molecule has 0 fully saturated rings. The zero-order valence-electron chi connectivity index (χ0n) is 13.4. The van der Waals surface area contributed by atoms with Crippen LogP contribution in [0.15, 0.2) is 42.6 Å². The average molecular weight is 360 g/mol. The van der Waals surface area contributed by atoms with Gasteiger partial charge in [-0.25, -0.2) is 9.18 Å². The quantitative estimate of drug-likeness (QED) is 0.536. The van der Waals surface area contributed by atoms with E-state index in [0.29, 0.717) is 5.56 Å². The second-order valence-corrected chi connectivity index (χ2v) is 5.90. The maximum atomic E-state index is 13.7. The highest BCUT2D eigenvalue weighted by atomic mass is 35.5. The number of aromatic amines is 1. The standard InChI is InChI=1S/C19H15ClFNO3/c1-2-11-5-3-6-12-13(9-22-18(11)12)16(23)10-25-19(24)17-14(20)7-4-8-15(17)21/h3-9,22H,2,10H2,1H3. The Balaban J connectivity index is 1.78. The van der Waals surface area contributed by atoms with Gasteiger partial charge in [0.25, 0.3) is 0 Å². The summed E-state index contributed by atoms with van der Waals surface area (Å²) < 4.78 is 18.7. The first-order valence-electron chi connectivity index (χ1n) is 7.76. The van der Waals surface area contributed by atoms with Crippen LogP contribution in [-0.4, -0.2) is 23.3 Å². The molecule has 0 saturated carbocycles. The van der Waals surface area contributed by atoms with E-state index in [0.717, 1.165) is 29.0 Å². The van der Waals surface area contributed by atoms with E-state index in [2.05, 4.69) is 4.98 Å². The van der Waals surface area contributed by atoms with E-state index in [1.54, 1.807) is 6.20 Å². The number of H-pyrrole nitrogens is 1. The van der Waals surface area contributed by atoms with Gasteiger partial charge in [0.05, 0.1) is 5.02 Å². The number of rotatable bonds is 5. The number of benzene rings is 2. The maximum absolute atomic E-state index is 13.7. The smallest absolute Gasteiger partial charge is 0.343 e. The highest BCUT2D eigenvalue weighted by Gasteiger charge is 2.20. The molecular formula is C19H15ClFNO3. The summed E-state index contributed by atoms with van der Waals surface area (Å²) >= 11 is 5.82. The van der Waals surface area contributed by atoms with Crippen molar-refractivity contribution in [3.05, 3.63) is 70.1 Å². The third-order valence-corrected chi connectivity index (χ3v) is 4.30. The Morgan fingerprint density at radius 2 is 1.96 bits per heavy atom. The molecule has 0 unspecified atom stereocenters. The number of Topliss-reactive ketones (excluding diaryl/α,β-unsaturated/α-hetero) is 1. The predicted molar refractivity (Wildman–Crippen MR) is 93.7 cm³/mol. The molecule has 4 nitrogen and oxygen atoms in total. The van der Waals surface area contributed by atoms with Crippen LogP contribution in [0.1, 0.15) is 33.2 Å². The summed E-state index contributed by atoms with van der Waals surface area (Å²) in [4.78, 5) is 27.5. The second kappa shape index (κ2) is 7.07. The summed E-state index contributed by atoms with van der Waals surface area (Å²) in [6.45, 7) is 1.53. The molecule has 0 atom stereocenters. The van der Waals surface area contributed by atoms with Gasteiger partial charge in [0, 0.05) is 22.7 Å². The summed E-state index contributed by atoms with van der Waals surface area (Å²) in [5.41, 5.74) is 2.03. The lowest BCUT2D eigenvalue weighted by atomic mass is 10.1. The minimum absolute atomic E-state index is 0.0582. The van der Waals surface area contributed by atoms with Crippen molar-refractivity contribution in [3.8, 4) is 0 Å². The van der Waals surface area contributed by atoms with E-state index in [-0.39, 0.29) is 16.4 Å². The summed E-state index contributed by atoms with van der Waals surface area (Å²) in [6, 6.07) is 9.56. The largest absolute Gasteiger partial charge is 0.454 e. The van der Waals surface area contributed by atoms with Crippen molar-refractivity contribution >= 4 is 34.3 Å². The molecule has 128 valence electrons. The molecule has 2 aromatic carbocycles. The Hall–Kier alpha value is -2.66. The summed E-state index contributed by atoms with van der Waals surface area (Å²) in [7, 11) is 0. The van der Waals surface area contributed by atoms with E-state index >= 15 is 0 Å². The molecule has 0 bridgehead atoms. The predicted octanol–water partition coefficient (Wildman–Crippen LogP) is 4.56. The molecular weight excluding hydrogens is 345 g/mol. The third-order valence-electron chi connectivity index (χ3n) is 3.98. The molecule has 0 aliphatic carbocycles. The van der Waals surface area contributed by atoms with Crippen LogP contribution in [0.2, 0.25) is 5.02 Å². The summed E-state index contributed by atoms with van der Waals surface area (Å²) in [6.07, 6.45) is 2.42. The number of hydrogen-bond donors (Lipinski definition) is 1. The maximum Gasteiger partial charge on any atom is 0.343 e. The molecule has 1 aromatic heterocycles. The number of esters is 1. The van der Waals surface area contributed by atoms with Crippen LogP contribution in [-0.2, 0) is 11.2 Å². The number of halogens is 2. The second-order valence-electron chi connectivity index (χ2n) is 5.49. The number of aromatic nitrogens is 1. The fourth-order valence-electron chi connectivity index (χ4n) is 2.72. The lowest BCUT2D eigenvalue weighted by molar-refractivity contribution is 0.0470. The number of ether oxygens (including phenoxy) is 1. The first kappa shape index (κ1) is 17.2. The van der Waals surface area contributed by atoms with E-state index in [1.165, 1.54) is 12.1 Å². The molecule has 3 rings (SSSR count). The number of nitrogens with one attached hydrogen (secondary N) is 1. The zero-order chi connectivity index (χ0) is 18.0. The molecule has 0 saturated heterocycles. The average Bonchev–Trinajstić information content (AvgIpc) is 3.03. The SMILES string of the molecule is CCc1cccc2c(C(=O)COC(=O)c3c(F)cccc3Cl)c[nH]c12. The van der Waals surface area contributed by atoms with Gasteiger partial charge in [-0.05, 0) is 24.1 Å². The Bertz CT molecular complexity index is 944. The van der Waals surface area contributed by atoms with Crippen LogP contribution in [0, 0.1) is 5.82 Å². The molecule has 0 aliphatic rings. The van der Waals surface area contributed by atoms with Crippen molar-refractivity contribution in [1.82, 2.24) is 4.98 Å². The summed E-state index contributed by atoms with van der Waals surface area (Å²) in [5.74, 6) is -2.13. The molecule has 25 heavy (non-hydrogen) atoms. The topological polar surface area (TPSA) is 59.2 Å². The van der Waals surface area contributed by atoms with E-state index in [1.807, 2.05) is 25.1 Å². The number of fused-ring (bicyclic) bond motifs is 1. The molecule has 0 spiro atoms. The van der Waals surface area contributed by atoms with Crippen LogP contribution in [0.5, 0.6) is 0 Å². The molecule has 6 heteroatoms. The lowest BCUT2D eigenvalue weighted by Crippen LogP contribution is -2.15. The normalized spacial score (nSPS) is 10.8. The van der Waals surface area contributed by atoms with Gasteiger partial charge in [0.15, 0.2) is 6.61 Å². The Kier molecular flexibility index (Phi) is 4.86. The van der Waals surface area contributed by atoms with Gasteiger partial charge in [-0.3, -0.25) is 4.79 Å². The van der Waals surface area contributed by atoms with Crippen molar-refractivity contribution < 1.29 is 18.7 Å². The zero-order valence-corrected chi connectivity index (χ0v) is 14.2.